The summed E-state index contributed by atoms with van der Waals surface area (Å²) in [5, 5.41) is 7.31. The Morgan fingerprint density at radius 3 is 2.70 bits per heavy atom. The van der Waals surface area contributed by atoms with Crippen molar-refractivity contribution in [1.82, 2.24) is 10.2 Å². The van der Waals surface area contributed by atoms with Gasteiger partial charge in [0.15, 0.2) is 0 Å². The van der Waals surface area contributed by atoms with Gasteiger partial charge in [-0.15, -0.1) is 10.2 Å². The van der Waals surface area contributed by atoms with E-state index in [1.54, 1.807) is 0 Å². The molecule has 0 saturated carbocycles. The number of aldehydes is 1. The molecule has 54 valence electrons. The quantitative estimate of drug-likeness (QED) is 0.569. The van der Waals surface area contributed by atoms with Crippen LogP contribution < -0.4 is 0 Å². The second kappa shape index (κ2) is 3.10. The Morgan fingerprint density at radius 2 is 2.20 bits per heavy atom. The van der Waals surface area contributed by atoms with Crippen molar-refractivity contribution in [2.24, 2.45) is 0 Å². The first-order valence-electron chi connectivity index (χ1n) is 3.11. The van der Waals surface area contributed by atoms with Crippen LogP contribution in [0.5, 0.6) is 0 Å². The van der Waals surface area contributed by atoms with E-state index in [4.69, 9.17) is 4.42 Å². The zero-order chi connectivity index (χ0) is 7.40. The Hall–Kier alpha value is -1.19. The monoisotopic (exact) mass is 140 g/mol. The highest BCUT2D eigenvalue weighted by molar-refractivity contribution is 5.51. The van der Waals surface area contributed by atoms with Crippen LogP contribution in [0, 0.1) is 0 Å². The second-order valence-corrected chi connectivity index (χ2v) is 1.81. The predicted octanol–water partition coefficient (Wildman–Crippen LogP) is 0.373. The highest BCUT2D eigenvalue weighted by atomic mass is 16.4. The normalized spacial score (nSPS) is 9.70. The van der Waals surface area contributed by atoms with Gasteiger partial charge in [-0.3, -0.25) is 0 Å². The van der Waals surface area contributed by atoms with Crippen LogP contribution in [0.1, 0.15) is 18.7 Å². The fourth-order valence-electron chi connectivity index (χ4n) is 0.585. The molecule has 0 aliphatic heterocycles. The topological polar surface area (TPSA) is 56.0 Å². The van der Waals surface area contributed by atoms with Gasteiger partial charge in [0.1, 0.15) is 6.29 Å². The molecule has 0 unspecified atom stereocenters. The lowest BCUT2D eigenvalue weighted by molar-refractivity contribution is -0.107. The summed E-state index contributed by atoms with van der Waals surface area (Å²) in [7, 11) is 0. The molecule has 0 atom stereocenters. The second-order valence-electron chi connectivity index (χ2n) is 1.81. The molecule has 10 heavy (non-hydrogen) atoms. The predicted molar refractivity (Wildman–Crippen MR) is 33.4 cm³/mol. The molecule has 0 aliphatic rings. The van der Waals surface area contributed by atoms with E-state index >= 15 is 0 Å². The smallest absolute Gasteiger partial charge is 0.223 e. The van der Waals surface area contributed by atoms with Gasteiger partial charge in [-0.05, 0) is 0 Å². The third kappa shape index (κ3) is 1.40. The van der Waals surface area contributed by atoms with Crippen LogP contribution in [0.25, 0.3) is 0 Å². The highest BCUT2D eigenvalue weighted by Crippen LogP contribution is 1.98. The van der Waals surface area contributed by atoms with Crippen LogP contribution in [0.15, 0.2) is 4.42 Å². The van der Waals surface area contributed by atoms with E-state index in [1.807, 2.05) is 6.92 Å². The summed E-state index contributed by atoms with van der Waals surface area (Å²) in [6.45, 7) is 1.91. The van der Waals surface area contributed by atoms with E-state index in [1.165, 1.54) is 0 Å². The molecular weight excluding hydrogens is 132 g/mol. The molecule has 1 rings (SSSR count). The number of rotatable bonds is 3. The molecule has 1 aromatic heterocycles. The molecule has 1 heterocycles. The minimum atomic E-state index is 0.215. The fourth-order valence-corrected chi connectivity index (χ4v) is 0.585. The van der Waals surface area contributed by atoms with Gasteiger partial charge in [0.25, 0.3) is 0 Å². The standard InChI is InChI=1S/C6H8N2O2/c1-2-5-7-8-6(10-5)3-4-9/h4H,2-3H2,1H3. The molecule has 4 heteroatoms. The molecule has 0 saturated heterocycles. The molecule has 4 nitrogen and oxygen atoms in total. The van der Waals surface area contributed by atoms with Crippen molar-refractivity contribution in [3.8, 4) is 0 Å². The van der Waals surface area contributed by atoms with Crippen LogP contribution in [0.4, 0.5) is 0 Å². The number of aromatic nitrogens is 2. The molecular formula is C6H8N2O2. The third-order valence-electron chi connectivity index (χ3n) is 1.07. The van der Waals surface area contributed by atoms with E-state index in [0.29, 0.717) is 18.2 Å². The van der Waals surface area contributed by atoms with E-state index in [2.05, 4.69) is 10.2 Å². The molecule has 0 aliphatic carbocycles. The van der Waals surface area contributed by atoms with E-state index in [-0.39, 0.29) is 6.42 Å². The number of aryl methyl sites for hydroxylation is 1. The van der Waals surface area contributed by atoms with Crippen LogP contribution >= 0.6 is 0 Å². The van der Waals surface area contributed by atoms with E-state index < -0.39 is 0 Å². The van der Waals surface area contributed by atoms with E-state index in [0.717, 1.165) is 6.29 Å². The van der Waals surface area contributed by atoms with Crippen molar-refractivity contribution in [2.45, 2.75) is 19.8 Å². The maximum Gasteiger partial charge on any atom is 0.223 e. The Kier molecular flexibility index (Phi) is 2.15. The van der Waals surface area contributed by atoms with Crippen molar-refractivity contribution in [1.29, 1.82) is 0 Å². The van der Waals surface area contributed by atoms with Crippen molar-refractivity contribution in [3.05, 3.63) is 11.8 Å². The lowest BCUT2D eigenvalue weighted by Gasteiger charge is -1.80. The van der Waals surface area contributed by atoms with Crippen LogP contribution in [-0.4, -0.2) is 16.5 Å². The summed E-state index contributed by atoms with van der Waals surface area (Å²) in [5.74, 6) is 0.976. The molecule has 0 aromatic carbocycles. The van der Waals surface area contributed by atoms with Gasteiger partial charge in [-0.25, -0.2) is 0 Å². The molecule has 0 radical (unpaired) electrons. The lowest BCUT2D eigenvalue weighted by Crippen LogP contribution is -1.83. The largest absolute Gasteiger partial charge is 0.425 e. The Morgan fingerprint density at radius 1 is 1.50 bits per heavy atom. The molecule has 0 fully saturated rings. The maximum atomic E-state index is 9.94. The lowest BCUT2D eigenvalue weighted by atomic mass is 10.5. The molecule has 0 spiro atoms. The Balaban J connectivity index is 2.67. The van der Waals surface area contributed by atoms with Gasteiger partial charge in [0.05, 0.1) is 6.42 Å². The SMILES string of the molecule is CCc1nnc(CC=O)o1. The van der Waals surface area contributed by atoms with Gasteiger partial charge in [0, 0.05) is 6.42 Å². The first kappa shape index (κ1) is 6.92. The van der Waals surface area contributed by atoms with Gasteiger partial charge in [0.2, 0.25) is 11.8 Å². The van der Waals surface area contributed by atoms with Crippen molar-refractivity contribution in [2.75, 3.05) is 0 Å². The average molecular weight is 140 g/mol. The molecule has 0 amide bonds. The minimum absolute atomic E-state index is 0.215. The van der Waals surface area contributed by atoms with Crippen LogP contribution in [0.2, 0.25) is 0 Å². The molecule has 0 N–H and O–H groups in total. The number of hydrogen-bond acceptors (Lipinski definition) is 4. The van der Waals surface area contributed by atoms with Crippen molar-refractivity contribution in [3.63, 3.8) is 0 Å². The van der Waals surface area contributed by atoms with Gasteiger partial charge < -0.3 is 9.21 Å². The first-order chi connectivity index (χ1) is 4.86. The van der Waals surface area contributed by atoms with Gasteiger partial charge in [-0.1, -0.05) is 6.92 Å². The zero-order valence-electron chi connectivity index (χ0n) is 5.70. The van der Waals surface area contributed by atoms with Gasteiger partial charge >= 0.3 is 0 Å². The molecule has 1 aromatic rings. The zero-order valence-corrected chi connectivity index (χ0v) is 5.70. The van der Waals surface area contributed by atoms with Crippen LogP contribution in [-0.2, 0) is 17.6 Å². The average Bonchev–Trinajstić information content (AvgIpc) is 2.37. The maximum absolute atomic E-state index is 9.94. The Bertz CT molecular complexity index is 219. The third-order valence-corrected chi connectivity index (χ3v) is 1.07. The van der Waals surface area contributed by atoms with E-state index in [9.17, 15) is 4.79 Å². The summed E-state index contributed by atoms with van der Waals surface area (Å²) in [6, 6.07) is 0. The summed E-state index contributed by atoms with van der Waals surface area (Å²) >= 11 is 0. The first-order valence-corrected chi connectivity index (χ1v) is 3.11. The number of nitrogens with zero attached hydrogens (tertiary/aromatic N) is 2. The number of hydrogen-bond donors (Lipinski definition) is 0. The molecule has 0 bridgehead atoms. The highest BCUT2D eigenvalue weighted by Gasteiger charge is 2.01. The van der Waals surface area contributed by atoms with Gasteiger partial charge in [-0.2, -0.15) is 0 Å². The van der Waals surface area contributed by atoms with Crippen molar-refractivity contribution < 1.29 is 9.21 Å². The fraction of sp³-hybridized carbons (Fsp3) is 0.500. The minimum Gasteiger partial charge on any atom is -0.425 e. The Labute approximate surface area is 58.3 Å². The summed E-state index contributed by atoms with van der Waals surface area (Å²) < 4.78 is 5.02. The summed E-state index contributed by atoms with van der Waals surface area (Å²) in [5.41, 5.74) is 0. The number of carbonyl (C=O) groups excluding carboxylic acids is 1. The van der Waals surface area contributed by atoms with Crippen LogP contribution in [0.3, 0.4) is 0 Å². The van der Waals surface area contributed by atoms with Crippen molar-refractivity contribution >= 4 is 6.29 Å². The summed E-state index contributed by atoms with van der Waals surface area (Å²) in [6.07, 6.45) is 1.67. The summed E-state index contributed by atoms with van der Waals surface area (Å²) in [4.78, 5) is 9.94. The number of carbonyl (C=O) groups is 1.